The molecule has 1 aromatic rings. The van der Waals surface area contributed by atoms with Crippen molar-refractivity contribution in [1.29, 1.82) is 0 Å². The zero-order valence-electron chi connectivity index (χ0n) is 6.19. The number of halogens is 1. The minimum Gasteiger partial charge on any atom is -0.478 e. The molecule has 0 atom stereocenters. The Morgan fingerprint density at radius 2 is 1.85 bits per heavy atom. The molecule has 0 fully saturated rings. The topological polar surface area (TPSA) is 87.5 Å². The second kappa shape index (κ2) is 3.18. The Morgan fingerprint density at radius 1 is 1.23 bits per heavy atom. The molecule has 0 aliphatic carbocycles. The first-order valence-electron chi connectivity index (χ1n) is 3.15. The van der Waals surface area contributed by atoms with Gasteiger partial charge in [0.05, 0.1) is 5.56 Å². The van der Waals surface area contributed by atoms with Crippen LogP contribution in [0.25, 0.3) is 0 Å². The lowest BCUT2D eigenvalue weighted by molar-refractivity contribution is 0.0645. The number of rotatable bonds is 2. The monoisotopic (exact) mass is 185 g/mol. The summed E-state index contributed by atoms with van der Waals surface area (Å²) < 4.78 is 12.4. The van der Waals surface area contributed by atoms with Gasteiger partial charge in [0, 0.05) is 0 Å². The van der Waals surface area contributed by atoms with E-state index in [-0.39, 0.29) is 0 Å². The van der Waals surface area contributed by atoms with Gasteiger partial charge in [0.25, 0.3) is 0 Å². The predicted molar refractivity (Wildman–Crippen MR) is 38.1 cm³/mol. The summed E-state index contributed by atoms with van der Waals surface area (Å²) in [5.41, 5.74) is -1.33. The van der Waals surface area contributed by atoms with Crippen molar-refractivity contribution in [3.05, 3.63) is 29.3 Å². The Hall–Kier alpha value is -1.98. The van der Waals surface area contributed by atoms with Crippen molar-refractivity contribution in [3.63, 3.8) is 0 Å². The molecule has 0 unspecified atom stereocenters. The molecule has 0 amide bonds. The second-order valence-electron chi connectivity index (χ2n) is 2.14. The highest BCUT2D eigenvalue weighted by atomic mass is 19.1. The number of hydrogen-bond donors (Lipinski definition) is 2. The Kier molecular flexibility index (Phi) is 2.23. The third kappa shape index (κ3) is 1.78. The standard InChI is InChI=1S/C7H4FNO4/c8-4-2-1-3(6(10)11)5(9-4)7(12)13/h1-2H,(H,10,11)(H,12,13). The highest BCUT2D eigenvalue weighted by molar-refractivity contribution is 6.00. The van der Waals surface area contributed by atoms with Gasteiger partial charge >= 0.3 is 11.9 Å². The summed E-state index contributed by atoms with van der Waals surface area (Å²) in [6.07, 6.45) is 0. The van der Waals surface area contributed by atoms with E-state index in [9.17, 15) is 14.0 Å². The second-order valence-corrected chi connectivity index (χ2v) is 2.14. The van der Waals surface area contributed by atoms with Gasteiger partial charge in [-0.15, -0.1) is 0 Å². The number of pyridine rings is 1. The molecular formula is C7H4FNO4. The first-order chi connectivity index (χ1) is 6.02. The maximum Gasteiger partial charge on any atom is 0.355 e. The van der Waals surface area contributed by atoms with Crippen LogP contribution in [0.3, 0.4) is 0 Å². The highest BCUT2D eigenvalue weighted by Gasteiger charge is 2.17. The summed E-state index contributed by atoms with van der Waals surface area (Å²) in [5.74, 6) is -4.05. The maximum atomic E-state index is 12.4. The van der Waals surface area contributed by atoms with E-state index in [4.69, 9.17) is 10.2 Å². The van der Waals surface area contributed by atoms with E-state index in [1.807, 2.05) is 0 Å². The number of nitrogens with zero attached hydrogens (tertiary/aromatic N) is 1. The van der Waals surface area contributed by atoms with Crippen LogP contribution in [-0.4, -0.2) is 27.1 Å². The molecule has 0 aliphatic heterocycles. The molecule has 0 bridgehead atoms. The summed E-state index contributed by atoms with van der Waals surface area (Å²) in [4.78, 5) is 23.7. The Bertz CT molecular complexity index is 377. The minimum atomic E-state index is -1.57. The van der Waals surface area contributed by atoms with Crippen molar-refractivity contribution in [3.8, 4) is 0 Å². The van der Waals surface area contributed by atoms with Gasteiger partial charge < -0.3 is 10.2 Å². The molecule has 0 radical (unpaired) electrons. The van der Waals surface area contributed by atoms with Crippen LogP contribution in [0.15, 0.2) is 12.1 Å². The number of hydrogen-bond acceptors (Lipinski definition) is 3. The zero-order valence-corrected chi connectivity index (χ0v) is 6.19. The molecule has 0 saturated carbocycles. The van der Waals surface area contributed by atoms with Crippen molar-refractivity contribution in [1.82, 2.24) is 4.98 Å². The van der Waals surface area contributed by atoms with E-state index < -0.39 is 29.1 Å². The van der Waals surface area contributed by atoms with Gasteiger partial charge in [0.2, 0.25) is 5.95 Å². The predicted octanol–water partition coefficient (Wildman–Crippen LogP) is 0.617. The molecule has 1 aromatic heterocycles. The lowest BCUT2D eigenvalue weighted by Gasteiger charge is -1.98. The molecule has 68 valence electrons. The van der Waals surface area contributed by atoms with E-state index in [1.54, 1.807) is 0 Å². The van der Waals surface area contributed by atoms with Gasteiger partial charge in [0.15, 0.2) is 5.69 Å². The van der Waals surface area contributed by atoms with Crippen LogP contribution in [0.1, 0.15) is 20.8 Å². The first kappa shape index (κ1) is 9.11. The van der Waals surface area contributed by atoms with Gasteiger partial charge in [-0.3, -0.25) is 0 Å². The van der Waals surface area contributed by atoms with E-state index in [1.165, 1.54) is 0 Å². The van der Waals surface area contributed by atoms with E-state index >= 15 is 0 Å². The van der Waals surface area contributed by atoms with E-state index in [2.05, 4.69) is 4.98 Å². The normalized spacial score (nSPS) is 9.62. The van der Waals surface area contributed by atoms with Crippen LogP contribution >= 0.6 is 0 Å². The van der Waals surface area contributed by atoms with Gasteiger partial charge in [-0.05, 0) is 12.1 Å². The molecule has 0 aliphatic rings. The van der Waals surface area contributed by atoms with Crippen molar-refractivity contribution >= 4 is 11.9 Å². The molecule has 6 heteroatoms. The van der Waals surface area contributed by atoms with Crippen LogP contribution in [0, 0.1) is 5.95 Å². The summed E-state index contributed by atoms with van der Waals surface area (Å²) in [7, 11) is 0. The number of carbonyl (C=O) groups is 2. The van der Waals surface area contributed by atoms with Gasteiger partial charge in [-0.1, -0.05) is 0 Å². The van der Waals surface area contributed by atoms with Crippen LogP contribution in [0.5, 0.6) is 0 Å². The van der Waals surface area contributed by atoms with Gasteiger partial charge in [0.1, 0.15) is 0 Å². The van der Waals surface area contributed by atoms with Crippen molar-refractivity contribution < 1.29 is 24.2 Å². The maximum absolute atomic E-state index is 12.4. The summed E-state index contributed by atoms with van der Waals surface area (Å²) in [6.45, 7) is 0. The highest BCUT2D eigenvalue weighted by Crippen LogP contribution is 2.07. The van der Waals surface area contributed by atoms with E-state index in [0.29, 0.717) is 0 Å². The van der Waals surface area contributed by atoms with Crippen LogP contribution in [-0.2, 0) is 0 Å². The zero-order chi connectivity index (χ0) is 10.0. The Morgan fingerprint density at radius 3 is 2.31 bits per heavy atom. The molecule has 1 rings (SSSR count). The van der Waals surface area contributed by atoms with Crippen LogP contribution < -0.4 is 0 Å². The lowest BCUT2D eigenvalue weighted by Crippen LogP contribution is -2.11. The fourth-order valence-corrected chi connectivity index (χ4v) is 0.771. The Labute approximate surface area is 71.5 Å². The summed E-state index contributed by atoms with van der Waals surface area (Å²) >= 11 is 0. The fraction of sp³-hybridized carbons (Fsp3) is 0. The molecule has 0 spiro atoms. The molecular weight excluding hydrogens is 181 g/mol. The smallest absolute Gasteiger partial charge is 0.355 e. The van der Waals surface area contributed by atoms with Crippen LogP contribution in [0.4, 0.5) is 4.39 Å². The van der Waals surface area contributed by atoms with Crippen molar-refractivity contribution in [2.45, 2.75) is 0 Å². The molecule has 0 saturated heterocycles. The largest absolute Gasteiger partial charge is 0.478 e. The first-order valence-corrected chi connectivity index (χ1v) is 3.15. The number of carboxylic acid groups (broad SMARTS) is 2. The number of aromatic nitrogens is 1. The summed E-state index contributed by atoms with van der Waals surface area (Å²) in [6, 6.07) is 1.64. The molecule has 0 aromatic carbocycles. The van der Waals surface area contributed by atoms with Crippen molar-refractivity contribution in [2.24, 2.45) is 0 Å². The van der Waals surface area contributed by atoms with Gasteiger partial charge in [-0.25, -0.2) is 14.6 Å². The quantitative estimate of drug-likeness (QED) is 0.659. The summed E-state index contributed by atoms with van der Waals surface area (Å²) in [5, 5.41) is 16.9. The average molecular weight is 185 g/mol. The Balaban J connectivity index is 3.35. The van der Waals surface area contributed by atoms with Gasteiger partial charge in [-0.2, -0.15) is 4.39 Å². The molecule has 5 nitrogen and oxygen atoms in total. The van der Waals surface area contributed by atoms with Crippen molar-refractivity contribution in [2.75, 3.05) is 0 Å². The SMILES string of the molecule is O=C(O)c1ccc(F)nc1C(=O)O. The lowest BCUT2D eigenvalue weighted by atomic mass is 10.2. The number of carboxylic acids is 2. The molecule has 1 heterocycles. The molecule has 13 heavy (non-hydrogen) atoms. The van der Waals surface area contributed by atoms with E-state index in [0.717, 1.165) is 12.1 Å². The fourth-order valence-electron chi connectivity index (χ4n) is 0.771. The third-order valence-electron chi connectivity index (χ3n) is 1.29. The average Bonchev–Trinajstić information content (AvgIpc) is 2.03. The molecule has 2 N–H and O–H groups in total. The van der Waals surface area contributed by atoms with Crippen LogP contribution in [0.2, 0.25) is 0 Å². The number of aromatic carboxylic acids is 2. The third-order valence-corrected chi connectivity index (χ3v) is 1.29. The minimum absolute atomic E-state index is 0.533.